The van der Waals surface area contributed by atoms with Crippen LogP contribution in [0.1, 0.15) is 24.2 Å². The Balaban J connectivity index is 3.29. The fourth-order valence-electron chi connectivity index (χ4n) is 2.19. The van der Waals surface area contributed by atoms with Gasteiger partial charge in [-0.05, 0) is 32.0 Å². The van der Waals surface area contributed by atoms with Gasteiger partial charge in [0.05, 0.1) is 13.7 Å². The summed E-state index contributed by atoms with van der Waals surface area (Å²) in [5.41, 5.74) is 0.0345. The van der Waals surface area contributed by atoms with E-state index in [1.54, 1.807) is 13.8 Å². The molecule has 26 heavy (non-hydrogen) atoms. The van der Waals surface area contributed by atoms with Crippen LogP contribution in [0.25, 0.3) is 0 Å². The van der Waals surface area contributed by atoms with Gasteiger partial charge in [0.15, 0.2) is 0 Å². The third-order valence-electron chi connectivity index (χ3n) is 3.27. The number of carbonyl (C=O) groups is 2. The van der Waals surface area contributed by atoms with Crippen LogP contribution >= 0.6 is 0 Å². The number of methoxy groups -OCH3 is 2. The van der Waals surface area contributed by atoms with Gasteiger partial charge in [-0.2, -0.15) is 0 Å². The minimum absolute atomic E-state index is 0.0345. The number of aliphatic carboxylic acids is 1. The number of carboxylic acids is 1. The molecule has 0 saturated heterocycles. The van der Waals surface area contributed by atoms with Gasteiger partial charge >= 0.3 is 5.97 Å². The lowest BCUT2D eigenvalue weighted by molar-refractivity contribution is -0.137. The minimum atomic E-state index is -3.91. The summed E-state index contributed by atoms with van der Waals surface area (Å²) in [6.45, 7) is 3.01. The molecule has 0 heterocycles. The molecule has 0 fully saturated rings. The number of nitrogens with zero attached hydrogens (tertiary/aromatic N) is 1. The standard InChI is InChI=1S/C16H24N2O7S/c1-11(2)17-26(22,23)14-9-12(5-6-13(14)25-4)16(21)18(7-8-24-3)10-15(19)20/h5-6,9,11,17H,7-8,10H2,1-4H3,(H,19,20). The first-order valence-corrected chi connectivity index (χ1v) is 9.31. The Morgan fingerprint density at radius 2 is 1.92 bits per heavy atom. The van der Waals surface area contributed by atoms with Gasteiger partial charge in [0.25, 0.3) is 5.91 Å². The number of hydrogen-bond acceptors (Lipinski definition) is 6. The first kappa shape index (κ1) is 21.9. The van der Waals surface area contributed by atoms with Crippen molar-refractivity contribution in [2.24, 2.45) is 0 Å². The second kappa shape index (κ2) is 9.51. The van der Waals surface area contributed by atoms with E-state index < -0.39 is 28.4 Å². The zero-order valence-electron chi connectivity index (χ0n) is 15.2. The Hall–Kier alpha value is -2.17. The largest absolute Gasteiger partial charge is 0.495 e. The lowest BCUT2D eigenvalue weighted by Crippen LogP contribution is -2.38. The maximum Gasteiger partial charge on any atom is 0.323 e. The van der Waals surface area contributed by atoms with Crippen LogP contribution < -0.4 is 9.46 Å². The molecule has 1 aromatic carbocycles. The van der Waals surface area contributed by atoms with Crippen LogP contribution in [0.3, 0.4) is 0 Å². The smallest absolute Gasteiger partial charge is 0.323 e. The van der Waals surface area contributed by atoms with Crippen molar-refractivity contribution < 1.29 is 32.6 Å². The first-order valence-electron chi connectivity index (χ1n) is 7.82. The van der Waals surface area contributed by atoms with E-state index in [9.17, 15) is 18.0 Å². The van der Waals surface area contributed by atoms with Gasteiger partial charge in [-0.3, -0.25) is 9.59 Å². The van der Waals surface area contributed by atoms with Gasteiger partial charge in [-0.1, -0.05) is 0 Å². The molecule has 0 bridgehead atoms. The SMILES string of the molecule is COCCN(CC(=O)O)C(=O)c1ccc(OC)c(S(=O)(=O)NC(C)C)c1. The summed E-state index contributed by atoms with van der Waals surface area (Å²) in [4.78, 5) is 24.5. The van der Waals surface area contributed by atoms with E-state index in [0.29, 0.717) is 0 Å². The molecule has 1 rings (SSSR count). The highest BCUT2D eigenvalue weighted by Crippen LogP contribution is 2.25. The molecule has 9 nitrogen and oxygen atoms in total. The highest BCUT2D eigenvalue weighted by molar-refractivity contribution is 7.89. The number of amides is 1. The molecule has 10 heteroatoms. The Morgan fingerprint density at radius 1 is 1.27 bits per heavy atom. The molecule has 0 radical (unpaired) electrons. The number of carboxylic acid groups (broad SMARTS) is 1. The number of sulfonamides is 1. The maximum absolute atomic E-state index is 12.6. The normalized spacial score (nSPS) is 11.4. The lowest BCUT2D eigenvalue weighted by Gasteiger charge is -2.21. The molecule has 0 aliphatic carbocycles. The maximum atomic E-state index is 12.6. The number of nitrogens with one attached hydrogen (secondary N) is 1. The van der Waals surface area contributed by atoms with Crippen LogP contribution in [0.2, 0.25) is 0 Å². The van der Waals surface area contributed by atoms with Crippen molar-refractivity contribution >= 4 is 21.9 Å². The number of hydrogen-bond donors (Lipinski definition) is 2. The van der Waals surface area contributed by atoms with Gasteiger partial charge in [-0.15, -0.1) is 0 Å². The summed E-state index contributed by atoms with van der Waals surface area (Å²) in [7, 11) is -1.16. The second-order valence-corrected chi connectivity index (χ2v) is 7.44. The van der Waals surface area contributed by atoms with Gasteiger partial charge in [0.2, 0.25) is 10.0 Å². The van der Waals surface area contributed by atoms with Gasteiger partial charge in [0, 0.05) is 25.3 Å². The molecule has 0 aliphatic rings. The van der Waals surface area contributed by atoms with Crippen LogP contribution in [0.5, 0.6) is 5.75 Å². The predicted octanol–water partition coefficient (Wildman–Crippen LogP) is 0.555. The number of carbonyl (C=O) groups excluding carboxylic acids is 1. The molecule has 0 unspecified atom stereocenters. The summed E-state index contributed by atoms with van der Waals surface area (Å²) in [6, 6.07) is 3.57. The number of rotatable bonds is 10. The van der Waals surface area contributed by atoms with E-state index >= 15 is 0 Å². The number of benzene rings is 1. The van der Waals surface area contributed by atoms with Crippen LogP contribution in [0.15, 0.2) is 23.1 Å². The quantitative estimate of drug-likeness (QED) is 0.600. The van der Waals surface area contributed by atoms with Gasteiger partial charge in [0.1, 0.15) is 17.2 Å². The summed E-state index contributed by atoms with van der Waals surface area (Å²) < 4.78 is 37.4. The highest BCUT2D eigenvalue weighted by atomic mass is 32.2. The van der Waals surface area contributed by atoms with E-state index in [0.717, 1.165) is 4.90 Å². The lowest BCUT2D eigenvalue weighted by atomic mass is 10.2. The highest BCUT2D eigenvalue weighted by Gasteiger charge is 2.25. The molecule has 1 aromatic rings. The summed E-state index contributed by atoms with van der Waals surface area (Å²) >= 11 is 0. The third kappa shape index (κ3) is 5.97. The van der Waals surface area contributed by atoms with Crippen LogP contribution in [-0.4, -0.2) is 70.3 Å². The zero-order chi connectivity index (χ0) is 19.9. The molecule has 0 aromatic heterocycles. The van der Waals surface area contributed by atoms with E-state index in [1.807, 2.05) is 0 Å². The summed E-state index contributed by atoms with van der Waals surface area (Å²) in [5, 5.41) is 8.98. The fraction of sp³-hybridized carbons (Fsp3) is 0.500. The molecule has 0 aliphatic heterocycles. The van der Waals surface area contributed by atoms with Crippen molar-refractivity contribution in [3.63, 3.8) is 0 Å². The number of ether oxygens (including phenoxy) is 2. The van der Waals surface area contributed by atoms with Crippen LogP contribution in [0, 0.1) is 0 Å². The van der Waals surface area contributed by atoms with Crippen molar-refractivity contribution in [3.05, 3.63) is 23.8 Å². The van der Waals surface area contributed by atoms with Crippen molar-refractivity contribution in [2.45, 2.75) is 24.8 Å². The molecular formula is C16H24N2O7S. The monoisotopic (exact) mass is 388 g/mol. The average molecular weight is 388 g/mol. The molecule has 0 spiro atoms. The average Bonchev–Trinajstić information content (AvgIpc) is 2.55. The van der Waals surface area contributed by atoms with Gasteiger partial charge in [-0.25, -0.2) is 13.1 Å². The van der Waals surface area contributed by atoms with E-state index in [2.05, 4.69) is 4.72 Å². The van der Waals surface area contributed by atoms with Crippen LogP contribution in [-0.2, 0) is 19.6 Å². The van der Waals surface area contributed by atoms with Crippen LogP contribution in [0.4, 0.5) is 0 Å². The van der Waals surface area contributed by atoms with Gasteiger partial charge < -0.3 is 19.5 Å². The molecule has 0 saturated carbocycles. The Kier molecular flexibility index (Phi) is 8.00. The van der Waals surface area contributed by atoms with E-state index in [1.165, 1.54) is 32.4 Å². The van der Waals surface area contributed by atoms with Crippen molar-refractivity contribution in [3.8, 4) is 5.75 Å². The Bertz CT molecular complexity index is 747. The third-order valence-corrected chi connectivity index (χ3v) is 4.95. The summed E-state index contributed by atoms with van der Waals surface area (Å²) in [6.07, 6.45) is 0. The second-order valence-electron chi connectivity index (χ2n) is 5.75. The Morgan fingerprint density at radius 3 is 2.42 bits per heavy atom. The Labute approximate surface area is 152 Å². The molecular weight excluding hydrogens is 364 g/mol. The summed E-state index contributed by atoms with van der Waals surface area (Å²) in [5.74, 6) is -1.72. The molecule has 0 atom stereocenters. The molecule has 1 amide bonds. The van der Waals surface area contributed by atoms with E-state index in [4.69, 9.17) is 14.6 Å². The molecule has 2 N–H and O–H groups in total. The minimum Gasteiger partial charge on any atom is -0.495 e. The predicted molar refractivity (Wildman–Crippen MR) is 93.9 cm³/mol. The van der Waals surface area contributed by atoms with Crippen molar-refractivity contribution in [2.75, 3.05) is 33.9 Å². The fourth-order valence-corrected chi connectivity index (χ4v) is 3.64. The first-order chi connectivity index (χ1) is 12.1. The molecule has 146 valence electrons. The topological polar surface area (TPSA) is 122 Å². The van der Waals surface area contributed by atoms with Crippen molar-refractivity contribution in [1.29, 1.82) is 0 Å². The zero-order valence-corrected chi connectivity index (χ0v) is 16.0. The van der Waals surface area contributed by atoms with Crippen molar-refractivity contribution in [1.82, 2.24) is 9.62 Å². The van der Waals surface area contributed by atoms with E-state index in [-0.39, 0.29) is 35.4 Å².